The first-order chi connectivity index (χ1) is 14.9. The number of carbonyl (C=O) groups is 2. The summed E-state index contributed by atoms with van der Waals surface area (Å²) < 4.78 is 32.4. The number of ether oxygens (including phenoxy) is 1. The lowest BCUT2D eigenvalue weighted by atomic mass is 9.97. The highest BCUT2D eigenvalue weighted by Crippen LogP contribution is 2.24. The molecule has 1 aromatic heterocycles. The molecule has 2 aliphatic rings. The molecule has 2 aliphatic heterocycles. The third-order valence-corrected chi connectivity index (χ3v) is 8.27. The smallest absolute Gasteiger partial charge is 0.263 e. The molecule has 0 aliphatic carbocycles. The minimum atomic E-state index is -3.64. The van der Waals surface area contributed by atoms with Gasteiger partial charge in [-0.15, -0.1) is 11.3 Å². The van der Waals surface area contributed by atoms with Crippen LogP contribution in [0.2, 0.25) is 0 Å². The first-order valence-corrected chi connectivity index (χ1v) is 12.6. The van der Waals surface area contributed by atoms with Gasteiger partial charge in [-0.05, 0) is 42.5 Å². The molecule has 2 aromatic rings. The second-order valence-corrected chi connectivity index (χ2v) is 10.5. The van der Waals surface area contributed by atoms with Crippen molar-refractivity contribution < 1.29 is 22.7 Å². The molecule has 0 bridgehead atoms. The second kappa shape index (κ2) is 9.47. The minimum Gasteiger partial charge on any atom is -0.379 e. The average molecular weight is 464 g/mol. The Morgan fingerprint density at radius 2 is 1.90 bits per heavy atom. The molecule has 0 radical (unpaired) electrons. The molecule has 8 nitrogen and oxygen atoms in total. The van der Waals surface area contributed by atoms with E-state index in [-0.39, 0.29) is 22.6 Å². The van der Waals surface area contributed by atoms with E-state index in [1.54, 1.807) is 23.1 Å². The normalized spacial score (nSPS) is 20.4. The van der Waals surface area contributed by atoms with Gasteiger partial charge < -0.3 is 15.0 Å². The van der Waals surface area contributed by atoms with Crippen molar-refractivity contribution in [1.29, 1.82) is 0 Å². The zero-order valence-corrected chi connectivity index (χ0v) is 18.7. The number of sulfonamides is 1. The molecule has 10 heteroatoms. The summed E-state index contributed by atoms with van der Waals surface area (Å²) in [6.45, 7) is 2.36. The summed E-state index contributed by atoms with van der Waals surface area (Å²) in [6.07, 6.45) is 1.44. The van der Waals surface area contributed by atoms with Gasteiger partial charge in [-0.2, -0.15) is 4.31 Å². The third-order valence-electron chi connectivity index (χ3n) is 5.52. The molecule has 0 spiro atoms. The van der Waals surface area contributed by atoms with Crippen LogP contribution in [-0.4, -0.2) is 68.8 Å². The lowest BCUT2D eigenvalue weighted by Crippen LogP contribution is -2.43. The van der Waals surface area contributed by atoms with Gasteiger partial charge in [0.2, 0.25) is 15.9 Å². The Morgan fingerprint density at radius 1 is 1.10 bits per heavy atom. The van der Waals surface area contributed by atoms with Crippen molar-refractivity contribution in [2.24, 2.45) is 5.92 Å². The van der Waals surface area contributed by atoms with Gasteiger partial charge in [0.25, 0.3) is 5.91 Å². The van der Waals surface area contributed by atoms with Crippen molar-refractivity contribution in [3.63, 3.8) is 0 Å². The highest BCUT2D eigenvalue weighted by molar-refractivity contribution is 7.89. The maximum Gasteiger partial charge on any atom is 0.263 e. The van der Waals surface area contributed by atoms with Crippen LogP contribution in [0.1, 0.15) is 22.5 Å². The highest BCUT2D eigenvalue weighted by Gasteiger charge is 2.30. The Balaban J connectivity index is 1.42. The first kappa shape index (κ1) is 21.9. The van der Waals surface area contributed by atoms with Gasteiger partial charge >= 0.3 is 0 Å². The fraction of sp³-hybridized carbons (Fsp3) is 0.429. The molecule has 2 amide bonds. The van der Waals surface area contributed by atoms with Crippen molar-refractivity contribution in [2.75, 3.05) is 44.7 Å². The summed E-state index contributed by atoms with van der Waals surface area (Å²) in [5.41, 5.74) is 0.432. The molecule has 1 atom stereocenters. The Hall–Kier alpha value is -2.27. The average Bonchev–Trinajstić information content (AvgIpc) is 3.34. The van der Waals surface area contributed by atoms with Gasteiger partial charge in [0, 0.05) is 31.9 Å². The molecule has 166 valence electrons. The maximum atomic E-state index is 12.9. The van der Waals surface area contributed by atoms with Crippen molar-refractivity contribution in [3.8, 4) is 0 Å². The second-order valence-electron chi connectivity index (χ2n) is 7.60. The van der Waals surface area contributed by atoms with Crippen LogP contribution < -0.4 is 5.32 Å². The van der Waals surface area contributed by atoms with Crippen LogP contribution in [0, 0.1) is 5.92 Å². The van der Waals surface area contributed by atoms with Gasteiger partial charge in [-0.1, -0.05) is 12.1 Å². The topological polar surface area (TPSA) is 96.0 Å². The number of hydrogen-bond donors (Lipinski definition) is 1. The quantitative estimate of drug-likeness (QED) is 0.734. The largest absolute Gasteiger partial charge is 0.379 e. The zero-order valence-electron chi connectivity index (χ0n) is 17.0. The van der Waals surface area contributed by atoms with Crippen molar-refractivity contribution >= 4 is 38.9 Å². The number of thiophene rings is 1. The minimum absolute atomic E-state index is 0.0499. The number of anilines is 1. The van der Waals surface area contributed by atoms with E-state index in [0.29, 0.717) is 56.4 Å². The van der Waals surface area contributed by atoms with E-state index in [0.717, 1.165) is 6.42 Å². The van der Waals surface area contributed by atoms with Gasteiger partial charge in [-0.3, -0.25) is 9.59 Å². The molecule has 2 saturated heterocycles. The molecule has 1 aromatic carbocycles. The molecule has 4 rings (SSSR count). The van der Waals surface area contributed by atoms with Gasteiger partial charge in [0.1, 0.15) is 0 Å². The Kier molecular flexibility index (Phi) is 6.71. The molecule has 1 N–H and O–H groups in total. The van der Waals surface area contributed by atoms with Crippen LogP contribution in [0.5, 0.6) is 0 Å². The number of carbonyl (C=O) groups excluding carboxylic acids is 2. The predicted octanol–water partition coefficient (Wildman–Crippen LogP) is 2.26. The molecule has 3 heterocycles. The van der Waals surface area contributed by atoms with E-state index in [4.69, 9.17) is 4.74 Å². The first-order valence-electron chi connectivity index (χ1n) is 10.3. The monoisotopic (exact) mass is 463 g/mol. The number of benzene rings is 1. The third kappa shape index (κ3) is 4.98. The summed E-state index contributed by atoms with van der Waals surface area (Å²) in [6, 6.07) is 9.94. The van der Waals surface area contributed by atoms with E-state index in [2.05, 4.69) is 5.32 Å². The molecule has 31 heavy (non-hydrogen) atoms. The summed E-state index contributed by atoms with van der Waals surface area (Å²) in [4.78, 5) is 28.0. The van der Waals surface area contributed by atoms with Crippen molar-refractivity contribution in [2.45, 2.75) is 17.7 Å². The van der Waals surface area contributed by atoms with Crippen LogP contribution in [-0.2, 0) is 19.6 Å². The van der Waals surface area contributed by atoms with E-state index < -0.39 is 10.0 Å². The number of piperidine rings is 1. The fourth-order valence-electron chi connectivity index (χ4n) is 3.85. The van der Waals surface area contributed by atoms with Crippen molar-refractivity contribution in [1.82, 2.24) is 9.21 Å². The molecule has 0 unspecified atom stereocenters. The SMILES string of the molecule is O=C(Nc1cccc(S(=O)(=O)N2CCOCC2)c1)[C@H]1CCCN(C(=O)c2cccs2)C1. The summed E-state index contributed by atoms with van der Waals surface area (Å²) in [7, 11) is -3.64. The van der Waals surface area contributed by atoms with E-state index >= 15 is 0 Å². The lowest BCUT2D eigenvalue weighted by molar-refractivity contribution is -0.121. The summed E-state index contributed by atoms with van der Waals surface area (Å²) in [5, 5.41) is 4.70. The van der Waals surface area contributed by atoms with Gasteiger partial charge in [0.05, 0.1) is 28.9 Å². The molecule has 2 fully saturated rings. The standard InChI is InChI=1S/C21H25N3O5S2/c25-20(16-4-2-8-23(15-16)21(26)19-7-3-13-30-19)22-17-5-1-6-18(14-17)31(27,28)24-9-11-29-12-10-24/h1,3,5-7,13-14,16H,2,4,8-12,15H2,(H,22,25)/t16-/m0/s1. The van der Waals surface area contributed by atoms with Gasteiger partial charge in [0.15, 0.2) is 0 Å². The van der Waals surface area contributed by atoms with E-state index in [9.17, 15) is 18.0 Å². The van der Waals surface area contributed by atoms with Crippen LogP contribution in [0.25, 0.3) is 0 Å². The number of rotatable bonds is 5. The maximum absolute atomic E-state index is 12.9. The number of likely N-dealkylation sites (tertiary alicyclic amines) is 1. The molecular formula is C21H25N3O5S2. The number of nitrogens with zero attached hydrogens (tertiary/aromatic N) is 2. The number of amides is 2. The molecule has 0 saturated carbocycles. The Morgan fingerprint density at radius 3 is 2.65 bits per heavy atom. The summed E-state index contributed by atoms with van der Waals surface area (Å²) in [5.74, 6) is -0.590. The Labute approximate surface area is 185 Å². The van der Waals surface area contributed by atoms with E-state index in [1.807, 2.05) is 11.4 Å². The highest BCUT2D eigenvalue weighted by atomic mass is 32.2. The Bertz CT molecular complexity index is 1030. The number of hydrogen-bond acceptors (Lipinski definition) is 6. The predicted molar refractivity (Wildman–Crippen MR) is 118 cm³/mol. The van der Waals surface area contributed by atoms with Crippen LogP contribution in [0.15, 0.2) is 46.7 Å². The number of nitrogens with one attached hydrogen (secondary N) is 1. The fourth-order valence-corrected chi connectivity index (χ4v) is 5.99. The summed E-state index contributed by atoms with van der Waals surface area (Å²) >= 11 is 1.39. The zero-order chi connectivity index (χ0) is 21.8. The van der Waals surface area contributed by atoms with Gasteiger partial charge in [-0.25, -0.2) is 8.42 Å². The van der Waals surface area contributed by atoms with Crippen LogP contribution >= 0.6 is 11.3 Å². The van der Waals surface area contributed by atoms with Crippen molar-refractivity contribution in [3.05, 3.63) is 46.7 Å². The lowest BCUT2D eigenvalue weighted by Gasteiger charge is -2.31. The van der Waals surface area contributed by atoms with Crippen LogP contribution in [0.3, 0.4) is 0 Å². The van der Waals surface area contributed by atoms with E-state index in [1.165, 1.54) is 27.8 Å². The number of morpholine rings is 1. The van der Waals surface area contributed by atoms with Crippen LogP contribution in [0.4, 0.5) is 5.69 Å². The molecular weight excluding hydrogens is 438 g/mol.